The van der Waals surface area contributed by atoms with E-state index in [0.717, 1.165) is 0 Å². The lowest BCUT2D eigenvalue weighted by Gasteiger charge is -2.25. The summed E-state index contributed by atoms with van der Waals surface area (Å²) in [5, 5.41) is 5.86. The molecule has 0 bridgehead atoms. The Morgan fingerprint density at radius 1 is 1.35 bits per heavy atom. The van der Waals surface area contributed by atoms with Crippen molar-refractivity contribution in [3.8, 4) is 0 Å². The average Bonchev–Trinajstić information content (AvgIpc) is 2.49. The number of alkyl halides is 3. The highest BCUT2D eigenvalue weighted by atomic mass is 35.6. The molecule has 1 aromatic heterocycles. The van der Waals surface area contributed by atoms with Gasteiger partial charge in [-0.3, -0.25) is 10.1 Å². The fraction of sp³-hybridized carbons (Fsp3) is 0.200. The zero-order valence-corrected chi connectivity index (χ0v) is 14.1. The molecule has 5 nitrogen and oxygen atoms in total. The molecule has 122 valence electrons. The molecule has 0 fully saturated rings. The summed E-state index contributed by atoms with van der Waals surface area (Å²) in [5.74, 6) is -0.711. The highest BCUT2D eigenvalue weighted by Crippen LogP contribution is 2.29. The molecule has 2 aromatic rings. The Hall–Kier alpha value is -1.53. The minimum Gasteiger partial charge on any atom is -0.422 e. The number of halogens is 3. The van der Waals surface area contributed by atoms with Crippen LogP contribution in [-0.4, -0.2) is 22.4 Å². The van der Waals surface area contributed by atoms with Gasteiger partial charge in [0.1, 0.15) is 17.3 Å². The third kappa shape index (κ3) is 4.48. The van der Waals surface area contributed by atoms with E-state index in [-0.39, 0.29) is 5.56 Å². The summed E-state index contributed by atoms with van der Waals surface area (Å²) in [6, 6.07) is 8.27. The van der Waals surface area contributed by atoms with Crippen LogP contribution >= 0.6 is 34.8 Å². The SMILES string of the molecule is C=CCNC(NC(=O)c1cc2ccccc2oc1=O)C(Cl)(Cl)Cl. The van der Waals surface area contributed by atoms with Crippen molar-refractivity contribution < 1.29 is 9.21 Å². The molecule has 1 atom stereocenters. The number of hydrogen-bond donors (Lipinski definition) is 2. The van der Waals surface area contributed by atoms with Crippen LogP contribution in [0.15, 0.2) is 52.2 Å². The van der Waals surface area contributed by atoms with E-state index in [1.807, 2.05) is 0 Å². The molecule has 0 radical (unpaired) electrons. The van der Waals surface area contributed by atoms with Crippen molar-refractivity contribution in [1.29, 1.82) is 0 Å². The predicted molar refractivity (Wildman–Crippen MR) is 92.2 cm³/mol. The molecule has 0 saturated carbocycles. The summed E-state index contributed by atoms with van der Waals surface area (Å²) in [7, 11) is 0. The summed E-state index contributed by atoms with van der Waals surface area (Å²) < 4.78 is 3.30. The molecular weight excluding hydrogens is 363 g/mol. The standard InChI is InChI=1S/C15H13Cl3N2O3/c1-2-7-19-14(15(16,17)18)20-12(21)10-8-9-5-3-4-6-11(9)23-13(10)22/h2-6,8,14,19H,1,7H2,(H,20,21). The molecule has 0 saturated heterocycles. The van der Waals surface area contributed by atoms with E-state index in [1.165, 1.54) is 6.07 Å². The first kappa shape index (κ1) is 17.8. The maximum Gasteiger partial charge on any atom is 0.349 e. The summed E-state index contributed by atoms with van der Waals surface area (Å²) >= 11 is 17.5. The van der Waals surface area contributed by atoms with Crippen LogP contribution in [0.3, 0.4) is 0 Å². The van der Waals surface area contributed by atoms with Gasteiger partial charge in [0.15, 0.2) is 0 Å². The van der Waals surface area contributed by atoms with Crippen molar-refractivity contribution in [1.82, 2.24) is 10.6 Å². The summed E-state index contributed by atoms with van der Waals surface area (Å²) in [5.41, 5.74) is -0.562. The number of hydrogen-bond acceptors (Lipinski definition) is 4. The van der Waals surface area contributed by atoms with E-state index in [0.29, 0.717) is 17.5 Å². The fourth-order valence-electron chi connectivity index (χ4n) is 1.88. The van der Waals surface area contributed by atoms with Crippen LogP contribution in [0.4, 0.5) is 0 Å². The Labute approximate surface area is 147 Å². The Morgan fingerprint density at radius 2 is 2.04 bits per heavy atom. The van der Waals surface area contributed by atoms with Gasteiger partial charge in [-0.15, -0.1) is 6.58 Å². The summed E-state index contributed by atoms with van der Waals surface area (Å²) in [6.07, 6.45) is 0.531. The molecule has 0 aliphatic heterocycles. The first-order chi connectivity index (χ1) is 10.8. The van der Waals surface area contributed by atoms with Crippen LogP contribution in [0.5, 0.6) is 0 Å². The fourth-order valence-corrected chi connectivity index (χ4v) is 2.27. The smallest absolute Gasteiger partial charge is 0.349 e. The first-order valence-electron chi connectivity index (χ1n) is 6.57. The Balaban J connectivity index is 2.30. The number of rotatable bonds is 5. The van der Waals surface area contributed by atoms with Gasteiger partial charge in [0, 0.05) is 11.9 Å². The molecule has 2 rings (SSSR count). The van der Waals surface area contributed by atoms with Crippen LogP contribution in [0.2, 0.25) is 0 Å². The first-order valence-corrected chi connectivity index (χ1v) is 7.71. The van der Waals surface area contributed by atoms with Gasteiger partial charge in [-0.25, -0.2) is 4.79 Å². The summed E-state index contributed by atoms with van der Waals surface area (Å²) in [4.78, 5) is 24.3. The predicted octanol–water partition coefficient (Wildman–Crippen LogP) is 2.99. The molecule has 8 heteroatoms. The molecule has 1 unspecified atom stereocenters. The largest absolute Gasteiger partial charge is 0.422 e. The molecule has 0 spiro atoms. The van der Waals surface area contributed by atoms with Crippen molar-refractivity contribution in [2.45, 2.75) is 9.96 Å². The number of para-hydroxylation sites is 1. The van der Waals surface area contributed by atoms with Gasteiger partial charge in [-0.05, 0) is 12.1 Å². The minimum absolute atomic E-state index is 0.177. The van der Waals surface area contributed by atoms with Crippen molar-refractivity contribution in [2.24, 2.45) is 0 Å². The number of benzene rings is 1. The quantitative estimate of drug-likeness (QED) is 0.365. The number of carbonyl (C=O) groups excluding carboxylic acids is 1. The van der Waals surface area contributed by atoms with E-state index in [4.69, 9.17) is 39.2 Å². The van der Waals surface area contributed by atoms with Crippen LogP contribution in [-0.2, 0) is 0 Å². The van der Waals surface area contributed by atoms with E-state index in [2.05, 4.69) is 17.2 Å². The zero-order valence-electron chi connectivity index (χ0n) is 11.8. The van der Waals surface area contributed by atoms with Gasteiger partial charge in [0.2, 0.25) is 3.79 Å². The van der Waals surface area contributed by atoms with Crippen LogP contribution in [0.1, 0.15) is 10.4 Å². The third-order valence-corrected chi connectivity index (χ3v) is 3.61. The molecule has 2 N–H and O–H groups in total. The number of nitrogens with one attached hydrogen (secondary N) is 2. The Kier molecular flexibility index (Phi) is 5.70. The van der Waals surface area contributed by atoms with Gasteiger partial charge in [-0.1, -0.05) is 59.1 Å². The lowest BCUT2D eigenvalue weighted by molar-refractivity contribution is 0.0927. The third-order valence-electron chi connectivity index (χ3n) is 2.96. The normalized spacial score (nSPS) is 12.8. The van der Waals surface area contributed by atoms with Crippen molar-refractivity contribution in [2.75, 3.05) is 6.54 Å². The molecule has 1 amide bonds. The molecule has 23 heavy (non-hydrogen) atoms. The second-order valence-corrected chi connectivity index (χ2v) is 7.00. The van der Waals surface area contributed by atoms with E-state index in [1.54, 1.807) is 30.3 Å². The van der Waals surface area contributed by atoms with Gasteiger partial charge in [0.25, 0.3) is 5.91 Å². The Bertz CT molecular complexity index is 783. The van der Waals surface area contributed by atoms with Crippen LogP contribution in [0, 0.1) is 0 Å². The van der Waals surface area contributed by atoms with Crippen molar-refractivity contribution in [3.05, 3.63) is 59.0 Å². The molecule has 1 aromatic carbocycles. The van der Waals surface area contributed by atoms with E-state index in [9.17, 15) is 9.59 Å². The Morgan fingerprint density at radius 3 is 2.70 bits per heavy atom. The maximum absolute atomic E-state index is 12.3. The van der Waals surface area contributed by atoms with Gasteiger partial charge in [0.05, 0.1) is 0 Å². The zero-order chi connectivity index (χ0) is 17.0. The summed E-state index contributed by atoms with van der Waals surface area (Å²) in [6.45, 7) is 3.83. The number of fused-ring (bicyclic) bond motifs is 1. The topological polar surface area (TPSA) is 71.3 Å². The second-order valence-electron chi connectivity index (χ2n) is 4.63. The monoisotopic (exact) mass is 374 g/mol. The number of amides is 1. The van der Waals surface area contributed by atoms with E-state index < -0.39 is 21.5 Å². The highest BCUT2D eigenvalue weighted by Gasteiger charge is 2.34. The average molecular weight is 376 g/mol. The maximum atomic E-state index is 12.3. The number of carbonyl (C=O) groups is 1. The second kappa shape index (κ2) is 7.36. The molecule has 0 aliphatic carbocycles. The van der Waals surface area contributed by atoms with Crippen molar-refractivity contribution >= 4 is 51.7 Å². The lowest BCUT2D eigenvalue weighted by atomic mass is 10.2. The lowest BCUT2D eigenvalue weighted by Crippen LogP contribution is -2.53. The van der Waals surface area contributed by atoms with Crippen LogP contribution in [0.25, 0.3) is 11.0 Å². The molecular formula is C15H13Cl3N2O3. The minimum atomic E-state index is -1.81. The molecule has 1 heterocycles. The van der Waals surface area contributed by atoms with Gasteiger partial charge < -0.3 is 9.73 Å². The van der Waals surface area contributed by atoms with E-state index >= 15 is 0 Å². The molecule has 0 aliphatic rings. The van der Waals surface area contributed by atoms with Crippen LogP contribution < -0.4 is 16.3 Å². The highest BCUT2D eigenvalue weighted by molar-refractivity contribution is 6.68. The van der Waals surface area contributed by atoms with Gasteiger partial charge >= 0.3 is 5.63 Å². The van der Waals surface area contributed by atoms with Crippen molar-refractivity contribution in [3.63, 3.8) is 0 Å². The van der Waals surface area contributed by atoms with Gasteiger partial charge in [-0.2, -0.15) is 0 Å².